The first-order valence-electron chi connectivity index (χ1n) is 9.12. The highest BCUT2D eigenvalue weighted by Crippen LogP contribution is 2.34. The van der Waals surface area contributed by atoms with E-state index in [1.807, 2.05) is 20.8 Å². The third-order valence-corrected chi connectivity index (χ3v) is 6.72. The number of anilines is 2. The van der Waals surface area contributed by atoms with Gasteiger partial charge in [-0.15, -0.1) is 0 Å². The van der Waals surface area contributed by atoms with E-state index in [1.165, 1.54) is 6.92 Å². The van der Waals surface area contributed by atoms with Crippen molar-refractivity contribution >= 4 is 38.3 Å². The lowest BCUT2D eigenvalue weighted by molar-refractivity contribution is -0.116. The predicted molar refractivity (Wildman–Crippen MR) is 109 cm³/mol. The average Bonchev–Trinajstić information content (AvgIpc) is 3.10. The van der Waals surface area contributed by atoms with Gasteiger partial charge >= 0.3 is 0 Å². The first kappa shape index (κ1) is 18.6. The molecule has 0 radical (unpaired) electrons. The number of carbonyl (C=O) groups excluding carboxylic acids is 1. The van der Waals surface area contributed by atoms with Gasteiger partial charge in [0.2, 0.25) is 5.91 Å². The van der Waals surface area contributed by atoms with Crippen LogP contribution in [0.5, 0.6) is 0 Å². The minimum absolute atomic E-state index is 0.0214. The maximum absolute atomic E-state index is 12.9. The van der Waals surface area contributed by atoms with Crippen molar-refractivity contribution in [3.8, 4) is 0 Å². The van der Waals surface area contributed by atoms with Gasteiger partial charge in [-0.2, -0.15) is 0 Å². The van der Waals surface area contributed by atoms with Crippen molar-refractivity contribution in [2.75, 3.05) is 9.62 Å². The summed E-state index contributed by atoms with van der Waals surface area (Å²) in [6.45, 7) is 7.31. The van der Waals surface area contributed by atoms with E-state index in [2.05, 4.69) is 4.72 Å². The molecular formula is C21H22N2O4S. The Bertz CT molecular complexity index is 1210. The molecule has 0 saturated heterocycles. The number of sulfonamides is 1. The zero-order valence-electron chi connectivity index (χ0n) is 16.2. The van der Waals surface area contributed by atoms with Crippen LogP contribution in [0.2, 0.25) is 0 Å². The van der Waals surface area contributed by atoms with Crippen LogP contribution in [0.25, 0.3) is 11.0 Å². The summed E-state index contributed by atoms with van der Waals surface area (Å²) in [7, 11) is -3.75. The van der Waals surface area contributed by atoms with Crippen LogP contribution in [0, 0.1) is 13.8 Å². The van der Waals surface area contributed by atoms with Gasteiger partial charge in [0.25, 0.3) is 10.0 Å². The van der Waals surface area contributed by atoms with Crippen molar-refractivity contribution < 1.29 is 17.6 Å². The molecule has 0 fully saturated rings. The predicted octanol–water partition coefficient (Wildman–Crippen LogP) is 4.15. The van der Waals surface area contributed by atoms with Crippen LogP contribution >= 0.6 is 0 Å². The van der Waals surface area contributed by atoms with Crippen LogP contribution in [0.1, 0.15) is 30.7 Å². The Hall–Kier alpha value is -2.80. The Labute approximate surface area is 164 Å². The molecule has 1 unspecified atom stereocenters. The summed E-state index contributed by atoms with van der Waals surface area (Å²) in [5.41, 5.74) is 3.85. The number of hydrogen-bond donors (Lipinski definition) is 1. The van der Waals surface area contributed by atoms with Crippen molar-refractivity contribution in [3.63, 3.8) is 0 Å². The highest BCUT2D eigenvalue weighted by Gasteiger charge is 2.30. The minimum atomic E-state index is -3.75. The maximum atomic E-state index is 12.9. The quantitative estimate of drug-likeness (QED) is 0.719. The number of benzene rings is 2. The lowest BCUT2D eigenvalue weighted by Crippen LogP contribution is -2.33. The second kappa shape index (κ2) is 6.38. The monoisotopic (exact) mass is 398 g/mol. The highest BCUT2D eigenvalue weighted by atomic mass is 32.2. The maximum Gasteiger partial charge on any atom is 0.261 e. The number of nitrogens with one attached hydrogen (secondary N) is 1. The zero-order chi connectivity index (χ0) is 20.2. The highest BCUT2D eigenvalue weighted by molar-refractivity contribution is 7.92. The molecule has 7 heteroatoms. The second-order valence-electron chi connectivity index (χ2n) is 7.33. The van der Waals surface area contributed by atoms with E-state index in [-0.39, 0.29) is 16.8 Å². The van der Waals surface area contributed by atoms with E-state index in [1.54, 1.807) is 41.3 Å². The van der Waals surface area contributed by atoms with Gasteiger partial charge in [-0.1, -0.05) is 0 Å². The normalized spacial score (nSPS) is 16.4. The van der Waals surface area contributed by atoms with Crippen LogP contribution in [-0.2, 0) is 21.2 Å². The number of aryl methyl sites for hydroxylation is 2. The molecule has 0 spiro atoms. The number of nitrogens with zero attached hydrogens (tertiary/aromatic N) is 1. The number of furan rings is 1. The summed E-state index contributed by atoms with van der Waals surface area (Å²) in [5, 5.41) is 0.887. The molecule has 4 rings (SSSR count). The Morgan fingerprint density at radius 2 is 1.93 bits per heavy atom. The van der Waals surface area contributed by atoms with Gasteiger partial charge in [0, 0.05) is 29.7 Å². The van der Waals surface area contributed by atoms with Crippen LogP contribution < -0.4 is 9.62 Å². The second-order valence-corrected chi connectivity index (χ2v) is 9.01. The van der Waals surface area contributed by atoms with E-state index in [9.17, 15) is 13.2 Å². The molecule has 0 saturated carbocycles. The minimum Gasteiger partial charge on any atom is -0.461 e. The summed E-state index contributed by atoms with van der Waals surface area (Å²) >= 11 is 0. The summed E-state index contributed by atoms with van der Waals surface area (Å²) in [4.78, 5) is 13.8. The number of fused-ring (bicyclic) bond motifs is 2. The van der Waals surface area contributed by atoms with E-state index < -0.39 is 10.0 Å². The summed E-state index contributed by atoms with van der Waals surface area (Å²) < 4.78 is 34.1. The van der Waals surface area contributed by atoms with Crippen molar-refractivity contribution in [2.24, 2.45) is 0 Å². The Morgan fingerprint density at radius 3 is 2.64 bits per heavy atom. The Kier molecular flexibility index (Phi) is 4.23. The molecule has 2 aromatic carbocycles. The fourth-order valence-corrected chi connectivity index (χ4v) is 4.97. The van der Waals surface area contributed by atoms with Gasteiger partial charge in [-0.05, 0) is 74.7 Å². The number of amides is 1. The van der Waals surface area contributed by atoms with Crippen LogP contribution in [0.3, 0.4) is 0 Å². The Balaban J connectivity index is 1.67. The van der Waals surface area contributed by atoms with E-state index >= 15 is 0 Å². The van der Waals surface area contributed by atoms with Gasteiger partial charge in [0.15, 0.2) is 0 Å². The molecule has 1 N–H and O–H groups in total. The number of rotatable bonds is 3. The van der Waals surface area contributed by atoms with Crippen molar-refractivity contribution in [2.45, 2.75) is 45.1 Å². The molecule has 6 nitrogen and oxygen atoms in total. The molecule has 0 bridgehead atoms. The standard InChI is InChI=1S/C21H22N2O4S/c1-12-9-16-10-18(6-7-20(16)23(12)15(4)24)28(25,26)22-17-5-8-21-19(11-17)13(2)14(3)27-21/h5-8,10-12,22H,9H2,1-4H3. The molecule has 1 amide bonds. The number of carbonyl (C=O) groups is 1. The zero-order valence-corrected chi connectivity index (χ0v) is 17.1. The molecule has 0 aliphatic carbocycles. The molecule has 2 heterocycles. The Morgan fingerprint density at radius 1 is 1.18 bits per heavy atom. The van der Waals surface area contributed by atoms with Crippen LogP contribution in [-0.4, -0.2) is 20.4 Å². The van der Waals surface area contributed by atoms with Gasteiger partial charge < -0.3 is 9.32 Å². The first-order valence-corrected chi connectivity index (χ1v) is 10.6. The van der Waals surface area contributed by atoms with Gasteiger partial charge in [0.05, 0.1) is 4.90 Å². The average molecular weight is 398 g/mol. The van der Waals surface area contributed by atoms with Crippen molar-refractivity contribution in [1.29, 1.82) is 0 Å². The lowest BCUT2D eigenvalue weighted by Gasteiger charge is -2.20. The molecule has 146 valence electrons. The molecule has 28 heavy (non-hydrogen) atoms. The lowest BCUT2D eigenvalue weighted by atomic mass is 10.1. The fraction of sp³-hybridized carbons (Fsp3) is 0.286. The molecule has 1 aliphatic heterocycles. The van der Waals surface area contributed by atoms with Gasteiger partial charge in [0.1, 0.15) is 11.3 Å². The van der Waals surface area contributed by atoms with Crippen LogP contribution in [0.4, 0.5) is 11.4 Å². The third-order valence-electron chi connectivity index (χ3n) is 5.34. The van der Waals surface area contributed by atoms with E-state index in [0.717, 1.165) is 33.5 Å². The largest absolute Gasteiger partial charge is 0.461 e. The topological polar surface area (TPSA) is 79.6 Å². The number of hydrogen-bond acceptors (Lipinski definition) is 4. The van der Waals surface area contributed by atoms with Gasteiger partial charge in [-0.3, -0.25) is 9.52 Å². The molecular weight excluding hydrogens is 376 g/mol. The van der Waals surface area contributed by atoms with Crippen molar-refractivity contribution in [1.82, 2.24) is 0 Å². The van der Waals surface area contributed by atoms with Crippen LogP contribution in [0.15, 0.2) is 45.7 Å². The molecule has 1 aromatic heterocycles. The van der Waals surface area contributed by atoms with E-state index in [0.29, 0.717) is 12.1 Å². The summed E-state index contributed by atoms with van der Waals surface area (Å²) in [5.74, 6) is 0.775. The van der Waals surface area contributed by atoms with E-state index in [4.69, 9.17) is 4.42 Å². The van der Waals surface area contributed by atoms with Gasteiger partial charge in [-0.25, -0.2) is 8.42 Å². The molecule has 1 aliphatic rings. The summed E-state index contributed by atoms with van der Waals surface area (Å²) in [6.07, 6.45) is 0.637. The first-order chi connectivity index (χ1) is 13.2. The smallest absolute Gasteiger partial charge is 0.261 e. The molecule has 3 aromatic rings. The van der Waals surface area contributed by atoms with Crippen molar-refractivity contribution in [3.05, 3.63) is 53.3 Å². The molecule has 1 atom stereocenters. The fourth-order valence-electron chi connectivity index (χ4n) is 3.88. The SMILES string of the molecule is CC(=O)N1c2ccc(S(=O)(=O)Nc3ccc4oc(C)c(C)c4c3)cc2CC1C. The summed E-state index contributed by atoms with van der Waals surface area (Å²) in [6, 6.07) is 10.2. The third kappa shape index (κ3) is 2.96.